The largest absolute Gasteiger partial charge is 0.302 e. The van der Waals surface area contributed by atoms with Gasteiger partial charge in [0.05, 0.1) is 5.75 Å². The predicted molar refractivity (Wildman–Crippen MR) is 43.9 cm³/mol. The van der Waals surface area contributed by atoms with Crippen molar-refractivity contribution in [3.8, 4) is 0 Å². The van der Waals surface area contributed by atoms with E-state index in [4.69, 9.17) is 0 Å². The molecule has 0 radical (unpaired) electrons. The molecule has 0 bridgehead atoms. The van der Waals surface area contributed by atoms with Crippen LogP contribution < -0.4 is 0 Å². The molecule has 2 nitrogen and oxygen atoms in total. The van der Waals surface area contributed by atoms with E-state index in [1.807, 2.05) is 0 Å². The van der Waals surface area contributed by atoms with Crippen LogP contribution in [0, 0.1) is 11.3 Å². The Hall–Kier alpha value is -0.120. The Bertz CT molecular complexity index is 271. The molecule has 0 amide bonds. The minimum Gasteiger partial charge on any atom is -0.195 e. The fourth-order valence-electron chi connectivity index (χ4n) is 2.65. The highest BCUT2D eigenvalue weighted by atomic mass is 32.3. The van der Waals surface area contributed by atoms with Crippen LogP contribution in [0.2, 0.25) is 0 Å². The van der Waals surface area contributed by atoms with Crippen LogP contribution in [0.25, 0.3) is 0 Å². The fourth-order valence-corrected chi connectivity index (χ4v) is 3.45. The first-order chi connectivity index (χ1) is 5.49. The third kappa shape index (κ3) is 1.49. The van der Waals surface area contributed by atoms with Gasteiger partial charge in [-0.05, 0) is 37.0 Å². The lowest BCUT2D eigenvalue weighted by atomic mass is 9.52. The van der Waals surface area contributed by atoms with Gasteiger partial charge in [-0.1, -0.05) is 6.42 Å². The first kappa shape index (κ1) is 8.48. The second-order valence-corrected chi connectivity index (χ2v) is 5.74. The maximum atomic E-state index is 12.2. The molecular formula is C8H13FO2S. The molecule has 0 aromatic carbocycles. The van der Waals surface area contributed by atoms with Gasteiger partial charge in [-0.15, -0.1) is 3.89 Å². The number of hydrogen-bond donors (Lipinski definition) is 0. The second-order valence-electron chi connectivity index (χ2n) is 4.33. The Labute approximate surface area is 72.4 Å². The van der Waals surface area contributed by atoms with Crippen molar-refractivity contribution < 1.29 is 12.3 Å². The van der Waals surface area contributed by atoms with E-state index in [-0.39, 0.29) is 11.7 Å². The summed E-state index contributed by atoms with van der Waals surface area (Å²) in [5.74, 6) is -0.130. The van der Waals surface area contributed by atoms with E-state index in [9.17, 15) is 12.3 Å². The van der Waals surface area contributed by atoms with E-state index in [0.29, 0.717) is 5.41 Å². The maximum absolute atomic E-state index is 12.2. The zero-order valence-corrected chi connectivity index (χ0v) is 7.74. The molecule has 2 aliphatic carbocycles. The summed E-state index contributed by atoms with van der Waals surface area (Å²) in [5, 5.41) is 0. The van der Waals surface area contributed by atoms with Gasteiger partial charge in [-0.3, -0.25) is 0 Å². The van der Waals surface area contributed by atoms with Crippen molar-refractivity contribution in [2.75, 3.05) is 5.75 Å². The van der Waals surface area contributed by atoms with Crippen molar-refractivity contribution >= 4 is 10.2 Å². The second kappa shape index (κ2) is 2.44. The molecule has 2 rings (SSSR count). The van der Waals surface area contributed by atoms with Gasteiger partial charge in [0, 0.05) is 0 Å². The summed E-state index contributed by atoms with van der Waals surface area (Å²) in [6.45, 7) is 0. The first-order valence-electron chi connectivity index (χ1n) is 4.42. The van der Waals surface area contributed by atoms with Crippen LogP contribution in [0.15, 0.2) is 0 Å². The monoisotopic (exact) mass is 192 g/mol. The summed E-state index contributed by atoms with van der Waals surface area (Å²) in [4.78, 5) is 0. The molecule has 0 unspecified atom stereocenters. The molecule has 0 atom stereocenters. The van der Waals surface area contributed by atoms with Crippen LogP contribution >= 0.6 is 0 Å². The van der Waals surface area contributed by atoms with Crippen molar-refractivity contribution in [1.82, 2.24) is 0 Å². The lowest BCUT2D eigenvalue weighted by molar-refractivity contribution is -0.0149. The molecule has 2 fully saturated rings. The summed E-state index contributed by atoms with van der Waals surface area (Å²) < 4.78 is 32.8. The smallest absolute Gasteiger partial charge is 0.195 e. The highest BCUT2D eigenvalue weighted by molar-refractivity contribution is 7.86. The van der Waals surface area contributed by atoms with Crippen LogP contribution in [0.5, 0.6) is 0 Å². The molecular weight excluding hydrogens is 179 g/mol. The summed E-state index contributed by atoms with van der Waals surface area (Å²) in [5.41, 5.74) is 0.454. The number of rotatable bonds is 2. The molecule has 0 aromatic rings. The molecule has 70 valence electrons. The van der Waals surface area contributed by atoms with E-state index in [2.05, 4.69) is 0 Å². The predicted octanol–water partition coefficient (Wildman–Crippen LogP) is 1.87. The standard InChI is InChI=1S/C8H13FO2S/c9-12(10,11)6-7-4-8(5-7)2-1-3-8/h7H,1-6H2. The lowest BCUT2D eigenvalue weighted by Gasteiger charge is -2.54. The quantitative estimate of drug-likeness (QED) is 0.626. The maximum Gasteiger partial charge on any atom is 0.302 e. The Morgan fingerprint density at radius 2 is 1.92 bits per heavy atom. The Morgan fingerprint density at radius 1 is 1.33 bits per heavy atom. The normalized spacial score (nSPS) is 28.1. The van der Waals surface area contributed by atoms with Crippen molar-refractivity contribution in [2.24, 2.45) is 11.3 Å². The zero-order chi connectivity index (χ0) is 8.82. The average Bonchev–Trinajstić information content (AvgIpc) is 1.69. The SMILES string of the molecule is O=S(=O)(F)CC1CC2(CCC2)C1. The third-order valence-corrected chi connectivity index (χ3v) is 4.16. The third-order valence-electron chi connectivity index (χ3n) is 3.29. The van der Waals surface area contributed by atoms with Gasteiger partial charge in [0.1, 0.15) is 0 Å². The topological polar surface area (TPSA) is 34.1 Å². The number of hydrogen-bond acceptors (Lipinski definition) is 2. The van der Waals surface area contributed by atoms with Gasteiger partial charge in [0.15, 0.2) is 0 Å². The first-order valence-corrected chi connectivity index (χ1v) is 5.97. The number of halogens is 1. The van der Waals surface area contributed by atoms with Crippen molar-refractivity contribution in [3.05, 3.63) is 0 Å². The van der Waals surface area contributed by atoms with Gasteiger partial charge in [0.2, 0.25) is 0 Å². The zero-order valence-electron chi connectivity index (χ0n) is 6.92. The summed E-state index contributed by atoms with van der Waals surface area (Å²) >= 11 is 0. The average molecular weight is 192 g/mol. The van der Waals surface area contributed by atoms with Crippen LogP contribution in [0.1, 0.15) is 32.1 Å². The molecule has 0 N–H and O–H groups in total. The highest BCUT2D eigenvalue weighted by Gasteiger charge is 2.48. The van der Waals surface area contributed by atoms with Crippen molar-refractivity contribution in [3.63, 3.8) is 0 Å². The van der Waals surface area contributed by atoms with Crippen molar-refractivity contribution in [2.45, 2.75) is 32.1 Å². The molecule has 0 saturated heterocycles. The van der Waals surface area contributed by atoms with E-state index >= 15 is 0 Å². The molecule has 2 aliphatic rings. The molecule has 2 saturated carbocycles. The Balaban J connectivity index is 1.82. The van der Waals surface area contributed by atoms with E-state index in [1.165, 1.54) is 19.3 Å². The molecule has 12 heavy (non-hydrogen) atoms. The molecule has 0 aliphatic heterocycles. The minimum absolute atomic E-state index is 0.111. The van der Waals surface area contributed by atoms with E-state index in [0.717, 1.165) is 12.8 Å². The van der Waals surface area contributed by atoms with Gasteiger partial charge < -0.3 is 0 Å². The van der Waals surface area contributed by atoms with Gasteiger partial charge >= 0.3 is 10.2 Å². The Kier molecular flexibility index (Phi) is 1.72. The highest BCUT2D eigenvalue weighted by Crippen LogP contribution is 2.58. The van der Waals surface area contributed by atoms with E-state index in [1.54, 1.807) is 0 Å². The van der Waals surface area contributed by atoms with Crippen LogP contribution in [-0.2, 0) is 10.2 Å². The molecule has 0 heterocycles. The minimum atomic E-state index is -4.22. The fraction of sp³-hybridized carbons (Fsp3) is 1.00. The van der Waals surface area contributed by atoms with Crippen LogP contribution in [-0.4, -0.2) is 14.2 Å². The molecule has 0 aromatic heterocycles. The lowest BCUT2D eigenvalue weighted by Crippen LogP contribution is -2.44. The Morgan fingerprint density at radius 3 is 2.25 bits per heavy atom. The summed E-state index contributed by atoms with van der Waals surface area (Å²) in [6.07, 6.45) is 5.62. The van der Waals surface area contributed by atoms with Gasteiger partial charge in [-0.2, -0.15) is 8.42 Å². The molecule has 4 heteroatoms. The van der Waals surface area contributed by atoms with E-state index < -0.39 is 10.2 Å². The summed E-state index contributed by atoms with van der Waals surface area (Å²) in [7, 11) is -4.22. The van der Waals surface area contributed by atoms with Crippen LogP contribution in [0.3, 0.4) is 0 Å². The van der Waals surface area contributed by atoms with Crippen LogP contribution in [0.4, 0.5) is 3.89 Å². The molecule has 1 spiro atoms. The van der Waals surface area contributed by atoms with Gasteiger partial charge in [-0.25, -0.2) is 0 Å². The van der Waals surface area contributed by atoms with Crippen molar-refractivity contribution in [1.29, 1.82) is 0 Å². The summed E-state index contributed by atoms with van der Waals surface area (Å²) in [6, 6.07) is 0. The van der Waals surface area contributed by atoms with Gasteiger partial charge in [0.25, 0.3) is 0 Å².